The Hall–Kier alpha value is -1.81. The van der Waals surface area contributed by atoms with Gasteiger partial charge in [0.15, 0.2) is 11.4 Å². The first-order valence-corrected chi connectivity index (χ1v) is 10.9. The fourth-order valence-electron chi connectivity index (χ4n) is 4.13. The van der Waals surface area contributed by atoms with E-state index in [1.807, 2.05) is 25.7 Å². The van der Waals surface area contributed by atoms with Crippen molar-refractivity contribution in [3.8, 4) is 0 Å². The highest BCUT2D eigenvalue weighted by Crippen LogP contribution is 2.42. The number of aromatic nitrogens is 2. The summed E-state index contributed by atoms with van der Waals surface area (Å²) in [7, 11) is 0. The molecule has 1 unspecified atom stereocenters. The summed E-state index contributed by atoms with van der Waals surface area (Å²) in [6, 6.07) is 6.20. The van der Waals surface area contributed by atoms with Crippen molar-refractivity contribution < 1.29 is 9.18 Å². The van der Waals surface area contributed by atoms with Gasteiger partial charge in [-0.1, -0.05) is 37.6 Å². The Kier molecular flexibility index (Phi) is 5.27. The van der Waals surface area contributed by atoms with Crippen molar-refractivity contribution in [2.75, 3.05) is 6.54 Å². The van der Waals surface area contributed by atoms with Crippen molar-refractivity contribution in [1.29, 1.82) is 0 Å². The molecule has 3 heterocycles. The molecule has 2 aliphatic heterocycles. The summed E-state index contributed by atoms with van der Waals surface area (Å²) in [5.74, 6) is 0.164. The lowest BCUT2D eigenvalue weighted by Gasteiger charge is -2.41. The first-order valence-electron chi connectivity index (χ1n) is 9.42. The number of rotatable bonds is 3. The molecule has 0 saturated carbocycles. The van der Waals surface area contributed by atoms with Gasteiger partial charge in [0.25, 0.3) is 0 Å². The summed E-state index contributed by atoms with van der Waals surface area (Å²) < 4.78 is 16.1. The molecular formula is C20H20ClFIN5O. The second-order valence-electron chi connectivity index (χ2n) is 7.53. The van der Waals surface area contributed by atoms with Crippen molar-refractivity contribution in [2.45, 2.75) is 39.2 Å². The monoisotopic (exact) mass is 527 g/mol. The minimum atomic E-state index is -1.06. The van der Waals surface area contributed by atoms with Crippen LogP contribution in [0.2, 0.25) is 5.02 Å². The maximum Gasteiger partial charge on any atom is 0.224 e. The lowest BCUT2D eigenvalue weighted by Crippen LogP contribution is -2.59. The molecule has 0 aliphatic carbocycles. The lowest BCUT2D eigenvalue weighted by molar-refractivity contribution is -0.130. The topological polar surface area (TPSA) is 62.9 Å². The van der Waals surface area contributed by atoms with Gasteiger partial charge in [-0.05, 0) is 59.5 Å². The molecule has 1 atom stereocenters. The van der Waals surface area contributed by atoms with E-state index in [4.69, 9.17) is 11.6 Å². The molecule has 2 aliphatic rings. The molecule has 1 aromatic heterocycles. The fraction of sp³-hybridized carbons (Fsp3) is 0.400. The SMILES string of the molecule is Cc1c(Cl)c(I)nn1C1=NN=C(C(C)C)C1(c1ccc(F)cc1)N1CCCC1=O. The van der Waals surface area contributed by atoms with E-state index in [-0.39, 0.29) is 17.6 Å². The summed E-state index contributed by atoms with van der Waals surface area (Å²) in [4.78, 5) is 14.8. The van der Waals surface area contributed by atoms with Crippen LogP contribution in [0.4, 0.5) is 4.39 Å². The van der Waals surface area contributed by atoms with Crippen molar-refractivity contribution in [2.24, 2.45) is 16.1 Å². The zero-order valence-electron chi connectivity index (χ0n) is 16.3. The zero-order valence-corrected chi connectivity index (χ0v) is 19.2. The van der Waals surface area contributed by atoms with Gasteiger partial charge in [0.1, 0.15) is 9.52 Å². The molecule has 2 aromatic rings. The van der Waals surface area contributed by atoms with Gasteiger partial charge in [-0.3, -0.25) is 4.79 Å². The largest absolute Gasteiger partial charge is 0.321 e. The molecule has 1 amide bonds. The van der Waals surface area contributed by atoms with Crippen LogP contribution in [0, 0.1) is 22.4 Å². The molecule has 29 heavy (non-hydrogen) atoms. The minimum absolute atomic E-state index is 0.000107. The fourth-order valence-corrected chi connectivity index (χ4v) is 4.85. The third-order valence-corrected chi connectivity index (χ3v) is 6.97. The van der Waals surface area contributed by atoms with E-state index in [1.165, 1.54) is 12.1 Å². The molecule has 1 aromatic carbocycles. The van der Waals surface area contributed by atoms with Crippen LogP contribution in [0.25, 0.3) is 0 Å². The van der Waals surface area contributed by atoms with Crippen LogP contribution in [0.1, 0.15) is 37.9 Å². The Morgan fingerprint density at radius 1 is 1.24 bits per heavy atom. The molecule has 4 rings (SSSR count). The van der Waals surface area contributed by atoms with E-state index < -0.39 is 5.54 Å². The van der Waals surface area contributed by atoms with Gasteiger partial charge in [0, 0.05) is 13.0 Å². The van der Waals surface area contributed by atoms with Gasteiger partial charge >= 0.3 is 0 Å². The Morgan fingerprint density at radius 3 is 2.45 bits per heavy atom. The smallest absolute Gasteiger partial charge is 0.224 e. The number of carbonyl (C=O) groups excluding carboxylic acids is 1. The standard InChI is InChI=1S/C20H20ClFIN5O/c1-11(2)17-20(27-10-4-5-15(27)29,13-6-8-14(22)9-7-13)19(25-24-17)28-12(3)16(21)18(23)26-28/h6-9,11H,4-5,10H2,1-3H3. The number of hydrogen-bond donors (Lipinski definition) is 0. The van der Waals surface area contributed by atoms with E-state index in [9.17, 15) is 9.18 Å². The zero-order chi connectivity index (χ0) is 20.9. The number of benzene rings is 1. The lowest BCUT2D eigenvalue weighted by atomic mass is 9.78. The van der Waals surface area contributed by atoms with E-state index in [0.29, 0.717) is 33.2 Å². The van der Waals surface area contributed by atoms with Gasteiger partial charge in [0.05, 0.1) is 16.4 Å². The number of nitrogens with zero attached hydrogens (tertiary/aromatic N) is 5. The summed E-state index contributed by atoms with van der Waals surface area (Å²) in [6.07, 6.45) is 1.20. The van der Waals surface area contributed by atoms with Gasteiger partial charge in [-0.25, -0.2) is 9.07 Å². The number of carbonyl (C=O) groups is 1. The summed E-state index contributed by atoms with van der Waals surface area (Å²) in [6.45, 7) is 6.45. The van der Waals surface area contributed by atoms with Crippen LogP contribution < -0.4 is 0 Å². The second-order valence-corrected chi connectivity index (χ2v) is 8.93. The van der Waals surface area contributed by atoms with E-state index in [2.05, 4.69) is 37.9 Å². The maximum atomic E-state index is 13.8. The van der Waals surface area contributed by atoms with Crippen LogP contribution in [-0.2, 0) is 10.3 Å². The quantitative estimate of drug-likeness (QED) is 0.556. The molecule has 1 fully saturated rings. The van der Waals surface area contributed by atoms with Crippen LogP contribution in [-0.4, -0.2) is 38.7 Å². The molecule has 0 spiro atoms. The second kappa shape index (κ2) is 7.46. The number of amides is 1. The van der Waals surface area contributed by atoms with Crippen LogP contribution in [0.5, 0.6) is 0 Å². The van der Waals surface area contributed by atoms with Crippen LogP contribution in [0.15, 0.2) is 34.5 Å². The number of likely N-dealkylation sites (tertiary alicyclic amines) is 1. The molecule has 0 radical (unpaired) electrons. The molecule has 152 valence electrons. The normalized spacial score (nSPS) is 21.9. The Labute approximate surface area is 187 Å². The highest BCUT2D eigenvalue weighted by molar-refractivity contribution is 14.1. The average molecular weight is 528 g/mol. The van der Waals surface area contributed by atoms with Crippen molar-refractivity contribution in [3.05, 3.63) is 50.1 Å². The minimum Gasteiger partial charge on any atom is -0.321 e. The number of halogens is 3. The van der Waals surface area contributed by atoms with E-state index in [1.54, 1.807) is 16.8 Å². The van der Waals surface area contributed by atoms with Crippen molar-refractivity contribution >= 4 is 51.6 Å². The van der Waals surface area contributed by atoms with Gasteiger partial charge in [-0.15, -0.1) is 5.10 Å². The molecule has 1 saturated heterocycles. The predicted molar refractivity (Wildman–Crippen MR) is 119 cm³/mol. The highest BCUT2D eigenvalue weighted by Gasteiger charge is 2.56. The maximum absolute atomic E-state index is 13.8. The highest BCUT2D eigenvalue weighted by atomic mass is 127. The third-order valence-electron chi connectivity index (χ3n) is 5.44. The van der Waals surface area contributed by atoms with Gasteiger partial charge in [0.2, 0.25) is 5.91 Å². The van der Waals surface area contributed by atoms with Crippen LogP contribution >= 0.6 is 34.2 Å². The summed E-state index contributed by atoms with van der Waals surface area (Å²) in [5.41, 5.74) is 1.13. The first-order chi connectivity index (χ1) is 13.8. The Balaban J connectivity index is 2.03. The Bertz CT molecular complexity index is 1050. The van der Waals surface area contributed by atoms with Gasteiger partial charge in [-0.2, -0.15) is 10.2 Å². The third kappa shape index (κ3) is 3.02. The predicted octanol–water partition coefficient (Wildman–Crippen LogP) is 4.38. The Morgan fingerprint density at radius 2 is 1.93 bits per heavy atom. The number of hydrogen-bond acceptors (Lipinski definition) is 4. The summed E-state index contributed by atoms with van der Waals surface area (Å²) >= 11 is 8.48. The van der Waals surface area contributed by atoms with E-state index >= 15 is 0 Å². The molecule has 6 nitrogen and oxygen atoms in total. The molecule has 9 heteroatoms. The molecule has 0 bridgehead atoms. The summed E-state index contributed by atoms with van der Waals surface area (Å²) in [5, 5.41) is 14.1. The van der Waals surface area contributed by atoms with Crippen molar-refractivity contribution in [3.63, 3.8) is 0 Å². The van der Waals surface area contributed by atoms with Crippen molar-refractivity contribution in [1.82, 2.24) is 14.7 Å². The van der Waals surface area contributed by atoms with E-state index in [0.717, 1.165) is 17.7 Å². The average Bonchev–Trinajstić information content (AvgIpc) is 3.35. The molecule has 0 N–H and O–H groups in total. The molecular weight excluding hydrogens is 508 g/mol. The van der Waals surface area contributed by atoms with Crippen LogP contribution in [0.3, 0.4) is 0 Å². The first kappa shape index (κ1) is 20.5. The van der Waals surface area contributed by atoms with Gasteiger partial charge < -0.3 is 4.90 Å².